The quantitative estimate of drug-likeness (QED) is 0.891. The summed E-state index contributed by atoms with van der Waals surface area (Å²) in [6.45, 7) is 5.07. The highest BCUT2D eigenvalue weighted by molar-refractivity contribution is 5.46. The zero-order valence-corrected chi connectivity index (χ0v) is 11.6. The highest BCUT2D eigenvalue weighted by Gasteiger charge is 2.14. The lowest BCUT2D eigenvalue weighted by molar-refractivity contribution is 0.551. The second-order valence-electron chi connectivity index (χ2n) is 5.05. The molecule has 0 atom stereocenters. The van der Waals surface area contributed by atoms with Gasteiger partial charge in [-0.15, -0.1) is 0 Å². The lowest BCUT2D eigenvalue weighted by Crippen LogP contribution is -2.30. The topological polar surface area (TPSA) is 41.1 Å². The third-order valence-corrected chi connectivity index (χ3v) is 3.48. The first-order valence-electron chi connectivity index (χ1n) is 7.03. The van der Waals surface area contributed by atoms with E-state index < -0.39 is 0 Å². The molecule has 1 aliphatic rings. The molecule has 100 valence electrons. The minimum Gasteiger partial charge on any atom is -0.356 e. The van der Waals surface area contributed by atoms with Crippen LogP contribution in [0.1, 0.15) is 43.5 Å². The Morgan fingerprint density at radius 2 is 1.83 bits per heavy atom. The number of hydrogen-bond acceptors (Lipinski definition) is 4. The Morgan fingerprint density at radius 1 is 1.17 bits per heavy atom. The molecule has 0 unspecified atom stereocenters. The summed E-state index contributed by atoms with van der Waals surface area (Å²) in [5, 5.41) is 3.20. The normalized spacial score (nSPS) is 17.3. The van der Waals surface area contributed by atoms with Crippen LogP contribution in [0.2, 0.25) is 0 Å². The van der Waals surface area contributed by atoms with Crippen LogP contribution in [0.4, 0.5) is 5.82 Å². The predicted molar refractivity (Wildman–Crippen MR) is 74.8 cm³/mol. The molecule has 0 aromatic carbocycles. The van der Waals surface area contributed by atoms with Crippen molar-refractivity contribution in [3.63, 3.8) is 0 Å². The maximum absolute atomic E-state index is 4.66. The van der Waals surface area contributed by atoms with Gasteiger partial charge in [-0.05, 0) is 26.8 Å². The van der Waals surface area contributed by atoms with Crippen molar-refractivity contribution in [2.24, 2.45) is 0 Å². The van der Waals surface area contributed by atoms with E-state index in [1.54, 1.807) is 0 Å². The zero-order chi connectivity index (χ0) is 12.8. The molecule has 2 heterocycles. The molecule has 1 fully saturated rings. The third kappa shape index (κ3) is 3.42. The molecule has 1 saturated heterocycles. The van der Waals surface area contributed by atoms with Gasteiger partial charge in [0.2, 0.25) is 0 Å². The highest BCUT2D eigenvalue weighted by atomic mass is 15.2. The Labute approximate surface area is 110 Å². The summed E-state index contributed by atoms with van der Waals surface area (Å²) < 4.78 is 0. The van der Waals surface area contributed by atoms with E-state index in [-0.39, 0.29) is 0 Å². The standard InChI is InChI=1S/C14H24N4/c1-12-16-11-13(10-15-2)14(17-12)18-8-6-4-3-5-7-9-18/h11,15H,3-10H2,1-2H3. The minimum absolute atomic E-state index is 0.839. The van der Waals surface area contributed by atoms with Crippen molar-refractivity contribution < 1.29 is 0 Å². The summed E-state index contributed by atoms with van der Waals surface area (Å²) in [5.74, 6) is 2.01. The average molecular weight is 248 g/mol. The van der Waals surface area contributed by atoms with Crippen molar-refractivity contribution in [2.45, 2.75) is 45.6 Å². The van der Waals surface area contributed by atoms with Crippen molar-refractivity contribution in [3.8, 4) is 0 Å². The Bertz CT molecular complexity index is 370. The molecular formula is C14H24N4. The largest absolute Gasteiger partial charge is 0.356 e. The molecule has 18 heavy (non-hydrogen) atoms. The second-order valence-corrected chi connectivity index (χ2v) is 5.05. The van der Waals surface area contributed by atoms with Crippen LogP contribution >= 0.6 is 0 Å². The van der Waals surface area contributed by atoms with Crippen molar-refractivity contribution in [2.75, 3.05) is 25.0 Å². The molecule has 0 bridgehead atoms. The van der Waals surface area contributed by atoms with Crippen LogP contribution in [0.15, 0.2) is 6.20 Å². The minimum atomic E-state index is 0.839. The first-order valence-corrected chi connectivity index (χ1v) is 7.03. The van der Waals surface area contributed by atoms with Crippen molar-refractivity contribution >= 4 is 5.82 Å². The maximum Gasteiger partial charge on any atom is 0.136 e. The van der Waals surface area contributed by atoms with E-state index >= 15 is 0 Å². The van der Waals surface area contributed by atoms with Gasteiger partial charge in [-0.2, -0.15) is 0 Å². The van der Waals surface area contributed by atoms with E-state index in [1.807, 2.05) is 20.2 Å². The van der Waals surface area contributed by atoms with Gasteiger partial charge in [0, 0.05) is 31.4 Å². The SMILES string of the molecule is CNCc1cnc(C)nc1N1CCCCCCC1. The van der Waals surface area contributed by atoms with Gasteiger partial charge in [0.1, 0.15) is 11.6 Å². The van der Waals surface area contributed by atoms with E-state index in [9.17, 15) is 0 Å². The molecule has 0 saturated carbocycles. The Balaban J connectivity index is 2.19. The Kier molecular flexibility index (Phi) is 4.93. The summed E-state index contributed by atoms with van der Waals surface area (Å²) in [7, 11) is 1.97. The number of anilines is 1. The molecule has 4 nitrogen and oxygen atoms in total. The monoisotopic (exact) mass is 248 g/mol. The van der Waals surface area contributed by atoms with Crippen LogP contribution < -0.4 is 10.2 Å². The van der Waals surface area contributed by atoms with Gasteiger partial charge in [-0.1, -0.05) is 19.3 Å². The molecule has 1 N–H and O–H groups in total. The van der Waals surface area contributed by atoms with Crippen LogP contribution in [0.3, 0.4) is 0 Å². The smallest absolute Gasteiger partial charge is 0.136 e. The Hall–Kier alpha value is -1.16. The van der Waals surface area contributed by atoms with Crippen LogP contribution in [-0.2, 0) is 6.54 Å². The number of hydrogen-bond donors (Lipinski definition) is 1. The molecule has 4 heteroatoms. The van der Waals surface area contributed by atoms with E-state index in [1.165, 1.54) is 37.7 Å². The molecule has 1 aliphatic heterocycles. The summed E-state index contributed by atoms with van der Waals surface area (Å²) in [6.07, 6.45) is 8.61. The molecular weight excluding hydrogens is 224 g/mol. The lowest BCUT2D eigenvalue weighted by atomic mass is 10.1. The fourth-order valence-corrected chi connectivity index (χ4v) is 2.53. The molecule has 1 aromatic heterocycles. The second kappa shape index (κ2) is 6.69. The van der Waals surface area contributed by atoms with Gasteiger partial charge in [-0.3, -0.25) is 0 Å². The van der Waals surface area contributed by atoms with E-state index in [2.05, 4.69) is 20.2 Å². The van der Waals surface area contributed by atoms with Crippen LogP contribution in [0.5, 0.6) is 0 Å². The molecule has 0 amide bonds. The molecule has 0 radical (unpaired) electrons. The molecule has 0 aliphatic carbocycles. The van der Waals surface area contributed by atoms with Gasteiger partial charge < -0.3 is 10.2 Å². The van der Waals surface area contributed by atoms with Crippen molar-refractivity contribution in [1.29, 1.82) is 0 Å². The summed E-state index contributed by atoms with van der Waals surface area (Å²) in [5.41, 5.74) is 1.21. The predicted octanol–water partition coefficient (Wildman–Crippen LogP) is 2.27. The van der Waals surface area contributed by atoms with Crippen LogP contribution in [0.25, 0.3) is 0 Å². The van der Waals surface area contributed by atoms with Crippen molar-refractivity contribution in [3.05, 3.63) is 17.6 Å². The third-order valence-electron chi connectivity index (χ3n) is 3.48. The fraction of sp³-hybridized carbons (Fsp3) is 0.714. The van der Waals surface area contributed by atoms with Crippen molar-refractivity contribution in [1.82, 2.24) is 15.3 Å². The first kappa shape index (κ1) is 13.3. The molecule has 0 spiro atoms. The highest BCUT2D eigenvalue weighted by Crippen LogP contribution is 2.21. The van der Waals surface area contributed by atoms with Gasteiger partial charge >= 0.3 is 0 Å². The van der Waals surface area contributed by atoms with Gasteiger partial charge in [0.25, 0.3) is 0 Å². The van der Waals surface area contributed by atoms with E-state index in [0.29, 0.717) is 0 Å². The number of rotatable bonds is 3. The fourth-order valence-electron chi connectivity index (χ4n) is 2.53. The number of aryl methyl sites for hydroxylation is 1. The molecule has 1 aromatic rings. The first-order chi connectivity index (χ1) is 8.81. The van der Waals surface area contributed by atoms with Gasteiger partial charge in [-0.25, -0.2) is 9.97 Å². The maximum atomic E-state index is 4.66. The summed E-state index contributed by atoms with van der Waals surface area (Å²) >= 11 is 0. The van der Waals surface area contributed by atoms with Crippen LogP contribution in [0, 0.1) is 6.92 Å². The number of aromatic nitrogens is 2. The zero-order valence-electron chi connectivity index (χ0n) is 11.6. The number of nitrogens with one attached hydrogen (secondary N) is 1. The van der Waals surface area contributed by atoms with Gasteiger partial charge in [0.05, 0.1) is 0 Å². The Morgan fingerprint density at radius 3 is 2.50 bits per heavy atom. The molecule has 2 rings (SSSR count). The van der Waals surface area contributed by atoms with Gasteiger partial charge in [0.15, 0.2) is 0 Å². The van der Waals surface area contributed by atoms with E-state index in [4.69, 9.17) is 0 Å². The van der Waals surface area contributed by atoms with Crippen LogP contribution in [-0.4, -0.2) is 30.1 Å². The average Bonchev–Trinajstić information content (AvgIpc) is 2.32. The lowest BCUT2D eigenvalue weighted by Gasteiger charge is -2.27. The summed E-state index contributed by atoms with van der Waals surface area (Å²) in [4.78, 5) is 11.4. The van der Waals surface area contributed by atoms with E-state index in [0.717, 1.165) is 31.3 Å². The summed E-state index contributed by atoms with van der Waals surface area (Å²) in [6, 6.07) is 0. The number of nitrogens with zero attached hydrogens (tertiary/aromatic N) is 3.